The molecule has 0 bridgehead atoms. The Labute approximate surface area is 159 Å². The van der Waals surface area contributed by atoms with Crippen molar-refractivity contribution in [1.29, 1.82) is 0 Å². The Bertz CT molecular complexity index is 851. The van der Waals surface area contributed by atoms with Gasteiger partial charge in [0.2, 0.25) is 5.91 Å². The molecular formula is C20H27N5O2. The quantitative estimate of drug-likeness (QED) is 0.856. The second-order valence-corrected chi connectivity index (χ2v) is 8.16. The van der Waals surface area contributed by atoms with Crippen molar-refractivity contribution in [3.05, 3.63) is 41.7 Å². The molecule has 0 unspecified atom stereocenters. The van der Waals surface area contributed by atoms with Crippen molar-refractivity contribution in [3.63, 3.8) is 0 Å². The van der Waals surface area contributed by atoms with Crippen LogP contribution >= 0.6 is 0 Å². The van der Waals surface area contributed by atoms with Crippen LogP contribution in [0.4, 0.5) is 0 Å². The molecule has 0 saturated carbocycles. The summed E-state index contributed by atoms with van der Waals surface area (Å²) >= 11 is 0. The van der Waals surface area contributed by atoms with E-state index < -0.39 is 17.4 Å². The molecule has 0 saturated heterocycles. The van der Waals surface area contributed by atoms with E-state index in [4.69, 9.17) is 5.73 Å². The standard InChI is InChI=1S/C20H27N5O2/c1-20(2,3)16(17(21)26)23-19(27)15-14-12-24(4)10-11-25(14)18(22-15)13-8-6-5-7-9-13/h5-9,16H,10-12H2,1-4H3,(H2,21,26)(H,23,27)/t16-/m1/s1. The molecule has 144 valence electrons. The fourth-order valence-electron chi connectivity index (χ4n) is 3.40. The molecule has 1 aliphatic heterocycles. The van der Waals surface area contributed by atoms with E-state index in [2.05, 4.69) is 19.8 Å². The first-order valence-corrected chi connectivity index (χ1v) is 9.12. The predicted molar refractivity (Wildman–Crippen MR) is 104 cm³/mol. The van der Waals surface area contributed by atoms with Gasteiger partial charge in [0.1, 0.15) is 11.9 Å². The van der Waals surface area contributed by atoms with E-state index in [1.54, 1.807) is 0 Å². The van der Waals surface area contributed by atoms with Gasteiger partial charge in [-0.2, -0.15) is 0 Å². The summed E-state index contributed by atoms with van der Waals surface area (Å²) in [5.41, 5.74) is 7.21. The predicted octanol–water partition coefficient (Wildman–Crippen LogP) is 1.63. The first kappa shape index (κ1) is 19.1. The number of carbonyl (C=O) groups is 2. The Kier molecular flexibility index (Phi) is 5.06. The van der Waals surface area contributed by atoms with Crippen molar-refractivity contribution in [3.8, 4) is 11.4 Å². The third kappa shape index (κ3) is 3.88. The number of primary amides is 1. The molecule has 3 rings (SSSR count). The van der Waals surface area contributed by atoms with Crippen LogP contribution in [0.1, 0.15) is 37.0 Å². The van der Waals surface area contributed by atoms with Crippen LogP contribution in [0.25, 0.3) is 11.4 Å². The lowest BCUT2D eigenvalue weighted by molar-refractivity contribution is -0.122. The molecule has 2 amide bonds. The van der Waals surface area contributed by atoms with Crippen LogP contribution in [-0.2, 0) is 17.9 Å². The normalized spacial score (nSPS) is 15.9. The van der Waals surface area contributed by atoms with E-state index in [0.717, 1.165) is 30.2 Å². The number of aromatic nitrogens is 2. The van der Waals surface area contributed by atoms with Crippen LogP contribution in [0.3, 0.4) is 0 Å². The highest BCUT2D eigenvalue weighted by atomic mass is 16.2. The zero-order valence-electron chi connectivity index (χ0n) is 16.3. The van der Waals surface area contributed by atoms with Gasteiger partial charge in [-0.3, -0.25) is 14.5 Å². The average molecular weight is 369 g/mol. The van der Waals surface area contributed by atoms with E-state index in [-0.39, 0.29) is 5.91 Å². The maximum atomic E-state index is 13.0. The molecule has 1 aromatic carbocycles. The number of hydrogen-bond acceptors (Lipinski definition) is 4. The molecule has 0 radical (unpaired) electrons. The number of carbonyl (C=O) groups excluding carboxylic acids is 2. The minimum absolute atomic E-state index is 0.357. The van der Waals surface area contributed by atoms with Crippen molar-refractivity contribution in [2.75, 3.05) is 13.6 Å². The number of nitrogens with two attached hydrogens (primary N) is 1. The summed E-state index contributed by atoms with van der Waals surface area (Å²) in [6, 6.07) is 9.05. The first-order chi connectivity index (χ1) is 12.7. The number of benzene rings is 1. The number of fused-ring (bicyclic) bond motifs is 1. The monoisotopic (exact) mass is 369 g/mol. The number of nitrogens with zero attached hydrogens (tertiary/aromatic N) is 3. The molecule has 1 aliphatic rings. The van der Waals surface area contributed by atoms with E-state index in [1.807, 2.05) is 58.2 Å². The lowest BCUT2D eigenvalue weighted by atomic mass is 9.86. The molecule has 7 heteroatoms. The summed E-state index contributed by atoms with van der Waals surface area (Å²) in [5.74, 6) is -0.144. The lowest BCUT2D eigenvalue weighted by Gasteiger charge is -2.29. The summed E-state index contributed by atoms with van der Waals surface area (Å²) in [7, 11) is 2.02. The second-order valence-electron chi connectivity index (χ2n) is 8.16. The minimum Gasteiger partial charge on any atom is -0.368 e. The van der Waals surface area contributed by atoms with Crippen molar-refractivity contribution in [2.24, 2.45) is 11.1 Å². The van der Waals surface area contributed by atoms with Crippen LogP contribution in [0.15, 0.2) is 30.3 Å². The number of nitrogens with one attached hydrogen (secondary N) is 1. The zero-order chi connectivity index (χ0) is 19.8. The van der Waals surface area contributed by atoms with Crippen LogP contribution in [-0.4, -0.2) is 45.9 Å². The number of hydrogen-bond donors (Lipinski definition) is 2. The fraction of sp³-hybridized carbons (Fsp3) is 0.450. The summed E-state index contributed by atoms with van der Waals surface area (Å²) in [5, 5.41) is 2.79. The third-order valence-electron chi connectivity index (χ3n) is 4.87. The van der Waals surface area contributed by atoms with Crippen LogP contribution < -0.4 is 11.1 Å². The lowest BCUT2D eigenvalue weighted by Crippen LogP contribution is -2.52. The smallest absolute Gasteiger partial charge is 0.272 e. The molecule has 1 aromatic heterocycles. The van der Waals surface area contributed by atoms with E-state index in [1.165, 1.54) is 0 Å². The van der Waals surface area contributed by atoms with E-state index in [9.17, 15) is 9.59 Å². The van der Waals surface area contributed by atoms with Gasteiger partial charge in [-0.05, 0) is 12.5 Å². The maximum absolute atomic E-state index is 13.0. The van der Waals surface area contributed by atoms with Crippen molar-refractivity contribution in [2.45, 2.75) is 39.9 Å². The van der Waals surface area contributed by atoms with Crippen LogP contribution in [0.2, 0.25) is 0 Å². The Morgan fingerprint density at radius 2 is 1.85 bits per heavy atom. The minimum atomic E-state index is -0.774. The number of rotatable bonds is 4. The molecular weight excluding hydrogens is 342 g/mol. The topological polar surface area (TPSA) is 93.2 Å². The summed E-state index contributed by atoms with van der Waals surface area (Å²) < 4.78 is 2.10. The van der Waals surface area contributed by atoms with Gasteiger partial charge in [-0.15, -0.1) is 0 Å². The Hall–Kier alpha value is -2.67. The summed E-state index contributed by atoms with van der Waals surface area (Å²) in [6.45, 7) is 7.88. The Balaban J connectivity index is 2.01. The zero-order valence-corrected chi connectivity index (χ0v) is 16.3. The van der Waals surface area contributed by atoms with Gasteiger partial charge in [-0.25, -0.2) is 4.98 Å². The fourth-order valence-corrected chi connectivity index (χ4v) is 3.40. The van der Waals surface area contributed by atoms with Crippen molar-refractivity contribution >= 4 is 11.8 Å². The highest BCUT2D eigenvalue weighted by Gasteiger charge is 2.34. The highest BCUT2D eigenvalue weighted by Crippen LogP contribution is 2.27. The number of likely N-dealkylation sites (N-methyl/N-ethyl adjacent to an activating group) is 1. The number of amides is 2. The van der Waals surface area contributed by atoms with Gasteiger partial charge in [0.25, 0.3) is 5.91 Å². The maximum Gasteiger partial charge on any atom is 0.272 e. The molecule has 2 heterocycles. The van der Waals surface area contributed by atoms with Gasteiger partial charge in [-0.1, -0.05) is 51.1 Å². The molecule has 1 atom stereocenters. The number of imidazole rings is 1. The molecule has 3 N–H and O–H groups in total. The SMILES string of the molecule is CN1CCn2c(-c3ccccc3)nc(C(=O)N[C@H](C(N)=O)C(C)(C)C)c2C1. The molecule has 0 aliphatic carbocycles. The van der Waals surface area contributed by atoms with Gasteiger partial charge >= 0.3 is 0 Å². The van der Waals surface area contributed by atoms with E-state index >= 15 is 0 Å². The summed E-state index contributed by atoms with van der Waals surface area (Å²) in [6.07, 6.45) is 0. The van der Waals surface area contributed by atoms with E-state index in [0.29, 0.717) is 12.2 Å². The van der Waals surface area contributed by atoms with Gasteiger partial charge < -0.3 is 15.6 Å². The summed E-state index contributed by atoms with van der Waals surface area (Å²) in [4.78, 5) is 31.7. The van der Waals surface area contributed by atoms with Gasteiger partial charge in [0.05, 0.1) is 5.69 Å². The van der Waals surface area contributed by atoms with Gasteiger partial charge in [0.15, 0.2) is 5.69 Å². The molecule has 2 aromatic rings. The van der Waals surface area contributed by atoms with Crippen LogP contribution in [0, 0.1) is 5.41 Å². The Morgan fingerprint density at radius 1 is 1.19 bits per heavy atom. The highest BCUT2D eigenvalue weighted by molar-refractivity contribution is 5.97. The first-order valence-electron chi connectivity index (χ1n) is 9.12. The molecule has 7 nitrogen and oxygen atoms in total. The van der Waals surface area contributed by atoms with Crippen LogP contribution in [0.5, 0.6) is 0 Å². The average Bonchev–Trinajstić information content (AvgIpc) is 2.97. The third-order valence-corrected chi connectivity index (χ3v) is 4.87. The second kappa shape index (κ2) is 7.15. The molecule has 0 fully saturated rings. The van der Waals surface area contributed by atoms with Crippen molar-refractivity contribution in [1.82, 2.24) is 19.8 Å². The largest absolute Gasteiger partial charge is 0.368 e. The van der Waals surface area contributed by atoms with Crippen molar-refractivity contribution < 1.29 is 9.59 Å². The molecule has 0 spiro atoms. The Morgan fingerprint density at radius 3 is 2.44 bits per heavy atom. The van der Waals surface area contributed by atoms with Gasteiger partial charge in [0, 0.05) is 25.2 Å². The molecule has 27 heavy (non-hydrogen) atoms.